The number of halogens is 2. The van der Waals surface area contributed by atoms with Gasteiger partial charge in [0.2, 0.25) is 5.91 Å². The summed E-state index contributed by atoms with van der Waals surface area (Å²) in [7, 11) is 0. The number of amidine groups is 1. The molecule has 184 valence electrons. The molecule has 0 saturated carbocycles. The lowest BCUT2D eigenvalue weighted by atomic mass is 9.99. The van der Waals surface area contributed by atoms with E-state index in [2.05, 4.69) is 32.2 Å². The number of aromatic nitrogens is 2. The molecule has 0 spiro atoms. The van der Waals surface area contributed by atoms with E-state index in [-0.39, 0.29) is 29.5 Å². The standard InChI is InChI=1S/C24H32ClFN6O2/c1-3-5-17(6-9-28-24(33)15-7-10-34-11-8-15)31-23(20(26)4-2)32-21(27)19-14-30-22-18(19)12-16(25)13-29-22/h4,12-15,17,31H,2-3,5-11H2,1H3,(H2,27,32)(H,28,33)(H,29,30)/b23-20+/t17-/m0/s1. The number of fused-ring (bicyclic) bond motifs is 1. The van der Waals surface area contributed by atoms with Gasteiger partial charge in [-0.05, 0) is 37.8 Å². The molecular formula is C24H32ClFN6O2. The molecule has 10 heteroatoms. The third kappa shape index (κ3) is 6.80. The Labute approximate surface area is 203 Å². The van der Waals surface area contributed by atoms with E-state index in [1.807, 2.05) is 6.92 Å². The lowest BCUT2D eigenvalue weighted by molar-refractivity contribution is -0.127. The molecule has 5 N–H and O–H groups in total. The summed E-state index contributed by atoms with van der Waals surface area (Å²) < 4.78 is 20.0. The third-order valence-electron chi connectivity index (χ3n) is 5.77. The van der Waals surface area contributed by atoms with Crippen molar-refractivity contribution in [1.29, 1.82) is 0 Å². The maximum atomic E-state index is 14.7. The molecule has 34 heavy (non-hydrogen) atoms. The fourth-order valence-corrected chi connectivity index (χ4v) is 4.08. The number of pyridine rings is 1. The summed E-state index contributed by atoms with van der Waals surface area (Å²) in [5, 5.41) is 7.30. The summed E-state index contributed by atoms with van der Waals surface area (Å²) in [5.74, 6) is -0.487. The average molecular weight is 491 g/mol. The molecule has 1 aliphatic rings. The van der Waals surface area contributed by atoms with E-state index in [1.54, 1.807) is 12.3 Å². The topological polar surface area (TPSA) is 117 Å². The number of H-pyrrole nitrogens is 1. The highest BCUT2D eigenvalue weighted by Gasteiger charge is 2.21. The van der Waals surface area contributed by atoms with Crippen LogP contribution in [0.2, 0.25) is 5.02 Å². The zero-order chi connectivity index (χ0) is 24.5. The number of aliphatic imine (C=N–C) groups is 1. The van der Waals surface area contributed by atoms with E-state index in [9.17, 15) is 9.18 Å². The van der Waals surface area contributed by atoms with Crippen LogP contribution >= 0.6 is 11.6 Å². The van der Waals surface area contributed by atoms with Crippen molar-refractivity contribution in [2.45, 2.75) is 45.1 Å². The van der Waals surface area contributed by atoms with Crippen LogP contribution in [0.4, 0.5) is 4.39 Å². The summed E-state index contributed by atoms with van der Waals surface area (Å²) in [6, 6.07) is 1.61. The maximum Gasteiger partial charge on any atom is 0.223 e. The number of nitrogens with two attached hydrogens (primary N) is 1. The van der Waals surface area contributed by atoms with Gasteiger partial charge < -0.3 is 26.1 Å². The lowest BCUT2D eigenvalue weighted by Gasteiger charge is -2.23. The van der Waals surface area contributed by atoms with Crippen molar-refractivity contribution in [1.82, 2.24) is 20.6 Å². The minimum Gasteiger partial charge on any atom is -0.383 e. The van der Waals surface area contributed by atoms with Crippen molar-refractivity contribution in [3.8, 4) is 0 Å². The molecule has 1 amide bonds. The Morgan fingerprint density at radius 3 is 2.94 bits per heavy atom. The molecule has 0 bridgehead atoms. The largest absolute Gasteiger partial charge is 0.383 e. The number of nitrogens with zero attached hydrogens (tertiary/aromatic N) is 2. The molecule has 1 saturated heterocycles. The number of allylic oxidation sites excluding steroid dienone is 2. The van der Waals surface area contributed by atoms with Crippen molar-refractivity contribution >= 4 is 34.4 Å². The van der Waals surface area contributed by atoms with Crippen LogP contribution in [0.5, 0.6) is 0 Å². The van der Waals surface area contributed by atoms with Crippen molar-refractivity contribution in [2.24, 2.45) is 16.6 Å². The highest BCUT2D eigenvalue weighted by molar-refractivity contribution is 6.31. The van der Waals surface area contributed by atoms with E-state index in [1.165, 1.54) is 6.20 Å². The van der Waals surface area contributed by atoms with Gasteiger partial charge in [0.05, 0.1) is 5.02 Å². The zero-order valence-corrected chi connectivity index (χ0v) is 20.1. The van der Waals surface area contributed by atoms with Gasteiger partial charge in [0.15, 0.2) is 11.6 Å². The predicted molar refractivity (Wildman–Crippen MR) is 133 cm³/mol. The van der Waals surface area contributed by atoms with E-state index < -0.39 is 5.83 Å². The molecule has 2 aromatic rings. The van der Waals surface area contributed by atoms with E-state index >= 15 is 0 Å². The van der Waals surface area contributed by atoms with Crippen LogP contribution in [-0.2, 0) is 9.53 Å². The SMILES string of the molecule is C=C/C(F)=C(\N=C(/N)c1c[nH]c2ncc(Cl)cc12)N[C@@H](CCC)CCNC(=O)C1CCOCC1. The summed E-state index contributed by atoms with van der Waals surface area (Å²) in [4.78, 5) is 24.0. The molecule has 0 aromatic carbocycles. The van der Waals surface area contributed by atoms with Crippen molar-refractivity contribution in [3.63, 3.8) is 0 Å². The second kappa shape index (κ2) is 12.5. The molecule has 3 heterocycles. The first-order valence-electron chi connectivity index (χ1n) is 11.5. The van der Waals surface area contributed by atoms with Gasteiger partial charge in [-0.2, -0.15) is 0 Å². The first kappa shape index (κ1) is 25.7. The highest BCUT2D eigenvalue weighted by Crippen LogP contribution is 2.21. The van der Waals surface area contributed by atoms with Gasteiger partial charge in [-0.3, -0.25) is 4.79 Å². The maximum absolute atomic E-state index is 14.7. The molecule has 0 unspecified atom stereocenters. The number of hydrogen-bond acceptors (Lipinski definition) is 5. The first-order chi connectivity index (χ1) is 16.4. The number of ether oxygens (including phenoxy) is 1. The molecule has 0 radical (unpaired) electrons. The Hall–Kier alpha value is -2.91. The van der Waals surface area contributed by atoms with Gasteiger partial charge in [0, 0.05) is 55.1 Å². The second-order valence-corrected chi connectivity index (χ2v) is 8.68. The van der Waals surface area contributed by atoms with Crippen LogP contribution in [0.1, 0.15) is 44.6 Å². The predicted octanol–water partition coefficient (Wildman–Crippen LogP) is 3.94. The number of carbonyl (C=O) groups is 1. The Balaban J connectivity index is 1.70. The Bertz CT molecular complexity index is 1060. The van der Waals surface area contributed by atoms with E-state index in [4.69, 9.17) is 22.1 Å². The number of nitrogens with one attached hydrogen (secondary N) is 3. The van der Waals surface area contributed by atoms with Gasteiger partial charge >= 0.3 is 0 Å². The van der Waals surface area contributed by atoms with E-state index in [0.717, 1.165) is 31.8 Å². The Morgan fingerprint density at radius 2 is 2.24 bits per heavy atom. The molecule has 0 aliphatic carbocycles. The summed E-state index contributed by atoms with van der Waals surface area (Å²) in [5.41, 5.74) is 7.41. The number of hydrogen-bond donors (Lipinski definition) is 4. The molecule has 2 aromatic heterocycles. The summed E-state index contributed by atoms with van der Waals surface area (Å²) in [6.07, 6.45) is 8.00. The van der Waals surface area contributed by atoms with Crippen molar-refractivity contribution < 1.29 is 13.9 Å². The average Bonchev–Trinajstić information content (AvgIpc) is 3.26. The van der Waals surface area contributed by atoms with Crippen LogP contribution in [0, 0.1) is 5.92 Å². The van der Waals surface area contributed by atoms with Crippen LogP contribution in [0.3, 0.4) is 0 Å². The monoisotopic (exact) mass is 490 g/mol. The smallest absolute Gasteiger partial charge is 0.223 e. The van der Waals surface area contributed by atoms with Crippen molar-refractivity contribution in [3.05, 3.63) is 53.3 Å². The minimum atomic E-state index is -0.619. The van der Waals surface area contributed by atoms with Gasteiger partial charge in [-0.15, -0.1) is 0 Å². The lowest BCUT2D eigenvalue weighted by Crippen LogP contribution is -2.38. The Morgan fingerprint density at radius 1 is 1.47 bits per heavy atom. The first-order valence-corrected chi connectivity index (χ1v) is 11.9. The normalized spacial score (nSPS) is 16.7. The molecule has 3 rings (SSSR count). The molecular weight excluding hydrogens is 459 g/mol. The summed E-state index contributed by atoms with van der Waals surface area (Å²) in [6.45, 7) is 7.27. The Kier molecular flexibility index (Phi) is 9.47. The van der Waals surface area contributed by atoms with Crippen LogP contribution in [0.25, 0.3) is 11.0 Å². The molecule has 1 aliphatic heterocycles. The van der Waals surface area contributed by atoms with Gasteiger partial charge in [-0.25, -0.2) is 14.4 Å². The number of amides is 1. The summed E-state index contributed by atoms with van der Waals surface area (Å²) >= 11 is 6.07. The van der Waals surface area contributed by atoms with Crippen molar-refractivity contribution in [2.75, 3.05) is 19.8 Å². The highest BCUT2D eigenvalue weighted by atomic mass is 35.5. The molecule has 1 atom stereocenters. The van der Waals surface area contributed by atoms with Gasteiger partial charge in [-0.1, -0.05) is 31.5 Å². The quantitative estimate of drug-likeness (QED) is 0.216. The fourth-order valence-electron chi connectivity index (χ4n) is 3.93. The minimum absolute atomic E-state index is 0.00829. The zero-order valence-electron chi connectivity index (χ0n) is 19.4. The molecule has 1 fully saturated rings. The van der Waals surface area contributed by atoms with Crippen LogP contribution in [-0.4, -0.2) is 47.5 Å². The van der Waals surface area contributed by atoms with E-state index in [0.29, 0.717) is 47.8 Å². The molecule has 8 nitrogen and oxygen atoms in total. The second-order valence-electron chi connectivity index (χ2n) is 8.25. The van der Waals surface area contributed by atoms with Crippen LogP contribution < -0.4 is 16.4 Å². The third-order valence-corrected chi connectivity index (χ3v) is 5.98. The van der Waals surface area contributed by atoms with Crippen LogP contribution in [0.15, 0.2) is 47.8 Å². The number of rotatable bonds is 11. The van der Waals surface area contributed by atoms with Gasteiger partial charge in [0.1, 0.15) is 11.5 Å². The van der Waals surface area contributed by atoms with Gasteiger partial charge in [0.25, 0.3) is 0 Å². The fraction of sp³-hybridized carbons (Fsp3) is 0.458. The number of carbonyl (C=O) groups excluding carboxylic acids is 1. The number of aromatic amines is 1.